The fourth-order valence-electron chi connectivity index (χ4n) is 6.17. The first-order valence-corrected chi connectivity index (χ1v) is 18.3. The lowest BCUT2D eigenvalue weighted by atomic mass is 9.84. The van der Waals surface area contributed by atoms with Gasteiger partial charge in [0.2, 0.25) is 15.9 Å². The van der Waals surface area contributed by atoms with Gasteiger partial charge in [-0.2, -0.15) is 4.31 Å². The average molecular weight is 697 g/mol. The Hall–Kier alpha value is -4.00. The summed E-state index contributed by atoms with van der Waals surface area (Å²) >= 11 is 0. The molecule has 1 aliphatic rings. The predicted molar refractivity (Wildman–Crippen MR) is 188 cm³/mol. The van der Waals surface area contributed by atoms with Crippen molar-refractivity contribution in [3.63, 3.8) is 0 Å². The largest absolute Gasteiger partial charge is 0.453 e. The summed E-state index contributed by atoms with van der Waals surface area (Å²) in [5.74, 6) is -1.25. The highest BCUT2D eigenvalue weighted by atomic mass is 32.2. The number of ether oxygens (including phenoxy) is 1. The normalized spacial score (nSPS) is 15.2. The van der Waals surface area contributed by atoms with Gasteiger partial charge in [-0.05, 0) is 79.7 Å². The summed E-state index contributed by atoms with van der Waals surface area (Å²) in [4.78, 5) is 26.5. The standard InChI is InChI=1S/C37H49FN4O6S/c1-25(2)21-22-42(49(46,47)30-19-20-32(39)31(38)23-30)29(24-43)15-10-16-33(26-17-18-26)40-36(44)35(41-37(45)48-3)34(27-11-6-4-7-12-27)28-13-8-5-9-14-28/h4-9,11-14,19-20,23,25-26,29,33-35,43H,10,15-18,21-22,24,39H2,1-3H3,(H,40,44)(H,41,45)/t29-,33+,35-/m0/s1. The van der Waals surface area contributed by atoms with Gasteiger partial charge in [0.1, 0.15) is 11.9 Å². The molecule has 266 valence electrons. The minimum Gasteiger partial charge on any atom is -0.453 e. The molecule has 4 rings (SSSR count). The molecule has 0 radical (unpaired) electrons. The molecule has 49 heavy (non-hydrogen) atoms. The third kappa shape index (κ3) is 10.3. The number of carbonyl (C=O) groups is 2. The molecule has 0 heterocycles. The van der Waals surface area contributed by atoms with Crippen LogP contribution < -0.4 is 16.4 Å². The average Bonchev–Trinajstić information content (AvgIpc) is 3.94. The van der Waals surface area contributed by atoms with Gasteiger partial charge in [0, 0.05) is 24.5 Å². The zero-order chi connectivity index (χ0) is 35.6. The first-order chi connectivity index (χ1) is 23.5. The SMILES string of the molecule is COC(=O)N[C@H](C(=O)N[C@H](CCC[C@@H](CO)N(CCC(C)C)S(=O)(=O)c1ccc(N)c(F)c1)C1CC1)C(c1ccccc1)c1ccccc1. The lowest BCUT2D eigenvalue weighted by molar-refractivity contribution is -0.124. The molecule has 3 aromatic rings. The number of benzene rings is 3. The number of amides is 2. The smallest absolute Gasteiger partial charge is 0.407 e. The molecule has 1 fully saturated rings. The Bertz CT molecular complexity index is 1580. The molecule has 0 aliphatic heterocycles. The summed E-state index contributed by atoms with van der Waals surface area (Å²) in [7, 11) is -2.90. The van der Waals surface area contributed by atoms with Crippen LogP contribution in [-0.4, -0.2) is 68.2 Å². The highest BCUT2D eigenvalue weighted by molar-refractivity contribution is 7.89. The molecule has 1 aliphatic carbocycles. The molecule has 5 N–H and O–H groups in total. The summed E-state index contributed by atoms with van der Waals surface area (Å²) in [6, 6.07) is 20.4. The van der Waals surface area contributed by atoms with Crippen LogP contribution in [0.1, 0.15) is 69.4 Å². The number of carbonyl (C=O) groups excluding carboxylic acids is 2. The van der Waals surface area contributed by atoms with Crippen molar-refractivity contribution in [3.8, 4) is 0 Å². The summed E-state index contributed by atoms with van der Waals surface area (Å²) < 4.78 is 48.0. The lowest BCUT2D eigenvalue weighted by Gasteiger charge is -2.31. The lowest BCUT2D eigenvalue weighted by Crippen LogP contribution is -2.53. The van der Waals surface area contributed by atoms with Crippen LogP contribution in [-0.2, 0) is 19.6 Å². The van der Waals surface area contributed by atoms with Gasteiger partial charge in [-0.15, -0.1) is 0 Å². The zero-order valence-electron chi connectivity index (χ0n) is 28.4. The number of nitrogen functional groups attached to an aromatic ring is 1. The maximum absolute atomic E-state index is 14.3. The van der Waals surface area contributed by atoms with E-state index in [0.717, 1.165) is 30.0 Å². The Kier molecular flexibility index (Phi) is 13.6. The van der Waals surface area contributed by atoms with Gasteiger partial charge in [0.05, 0.1) is 24.3 Å². The maximum atomic E-state index is 14.3. The Labute approximate surface area is 289 Å². The number of nitrogens with one attached hydrogen (secondary N) is 2. The molecule has 3 aromatic carbocycles. The highest BCUT2D eigenvalue weighted by Crippen LogP contribution is 2.36. The molecular formula is C37H49FN4O6S. The number of hydrogen-bond donors (Lipinski definition) is 4. The van der Waals surface area contributed by atoms with E-state index in [1.54, 1.807) is 0 Å². The Morgan fingerprint density at radius 2 is 1.57 bits per heavy atom. The minimum absolute atomic E-state index is 0.151. The topological polar surface area (TPSA) is 151 Å². The Balaban J connectivity index is 1.53. The monoisotopic (exact) mass is 696 g/mol. The van der Waals surface area contributed by atoms with Crippen LogP contribution in [0.4, 0.5) is 14.9 Å². The first kappa shape index (κ1) is 37.8. The van der Waals surface area contributed by atoms with Crippen molar-refractivity contribution in [1.29, 1.82) is 0 Å². The van der Waals surface area contributed by atoms with Crippen molar-refractivity contribution in [1.82, 2.24) is 14.9 Å². The number of nitrogens with zero attached hydrogens (tertiary/aromatic N) is 1. The predicted octanol–water partition coefficient (Wildman–Crippen LogP) is 5.43. The van der Waals surface area contributed by atoms with Crippen LogP contribution in [0.3, 0.4) is 0 Å². The third-order valence-electron chi connectivity index (χ3n) is 9.09. The number of rotatable bonds is 18. The second-order valence-electron chi connectivity index (χ2n) is 13.1. The van der Waals surface area contributed by atoms with Gasteiger partial charge >= 0.3 is 6.09 Å². The van der Waals surface area contributed by atoms with E-state index in [1.165, 1.54) is 23.5 Å². The molecule has 0 bridgehead atoms. The van der Waals surface area contributed by atoms with E-state index in [9.17, 15) is 27.5 Å². The second kappa shape index (κ2) is 17.6. The molecule has 1 saturated carbocycles. The van der Waals surface area contributed by atoms with E-state index < -0.39 is 46.5 Å². The van der Waals surface area contributed by atoms with Gasteiger partial charge in [-0.3, -0.25) is 4.79 Å². The number of nitrogens with two attached hydrogens (primary N) is 1. The fourth-order valence-corrected chi connectivity index (χ4v) is 7.84. The van der Waals surface area contributed by atoms with Crippen molar-refractivity contribution < 1.29 is 32.2 Å². The van der Waals surface area contributed by atoms with Crippen LogP contribution in [0, 0.1) is 17.7 Å². The quantitative estimate of drug-likeness (QED) is 0.130. The maximum Gasteiger partial charge on any atom is 0.407 e. The van der Waals surface area contributed by atoms with Gasteiger partial charge in [0.25, 0.3) is 0 Å². The van der Waals surface area contributed by atoms with Gasteiger partial charge in [-0.25, -0.2) is 17.6 Å². The van der Waals surface area contributed by atoms with Crippen molar-refractivity contribution in [2.24, 2.45) is 11.8 Å². The molecule has 0 saturated heterocycles. The van der Waals surface area contributed by atoms with Crippen LogP contribution in [0.2, 0.25) is 0 Å². The molecule has 0 spiro atoms. The van der Waals surface area contributed by atoms with Gasteiger partial charge < -0.3 is 26.2 Å². The molecule has 0 unspecified atom stereocenters. The molecule has 3 atom stereocenters. The van der Waals surface area contributed by atoms with Crippen molar-refractivity contribution >= 4 is 27.7 Å². The summed E-state index contributed by atoms with van der Waals surface area (Å²) in [5.41, 5.74) is 7.14. The van der Waals surface area contributed by atoms with E-state index in [4.69, 9.17) is 10.5 Å². The molecule has 2 amide bonds. The van der Waals surface area contributed by atoms with E-state index in [0.29, 0.717) is 25.7 Å². The van der Waals surface area contributed by atoms with Crippen LogP contribution >= 0.6 is 0 Å². The van der Waals surface area contributed by atoms with Crippen LogP contribution in [0.25, 0.3) is 0 Å². The molecule has 12 heteroatoms. The number of halogens is 1. The molecule has 0 aromatic heterocycles. The summed E-state index contributed by atoms with van der Waals surface area (Å²) in [6.45, 7) is 3.69. The third-order valence-corrected chi connectivity index (χ3v) is 11.0. The number of hydrogen-bond acceptors (Lipinski definition) is 7. The van der Waals surface area contributed by atoms with Crippen molar-refractivity contribution in [2.75, 3.05) is 26.0 Å². The Morgan fingerprint density at radius 1 is 0.959 bits per heavy atom. The van der Waals surface area contributed by atoms with E-state index in [1.807, 2.05) is 74.5 Å². The number of anilines is 1. The van der Waals surface area contributed by atoms with Gasteiger partial charge in [0.15, 0.2) is 0 Å². The van der Waals surface area contributed by atoms with Crippen LogP contribution in [0.5, 0.6) is 0 Å². The van der Waals surface area contributed by atoms with E-state index >= 15 is 0 Å². The first-order valence-electron chi connectivity index (χ1n) is 16.9. The number of sulfonamides is 1. The number of aliphatic hydroxyl groups is 1. The second-order valence-corrected chi connectivity index (χ2v) is 15.0. The fraction of sp³-hybridized carbons (Fsp3) is 0.459. The molecule has 10 nitrogen and oxygen atoms in total. The summed E-state index contributed by atoms with van der Waals surface area (Å²) in [5, 5.41) is 16.4. The Morgan fingerprint density at radius 3 is 2.08 bits per heavy atom. The van der Waals surface area contributed by atoms with Crippen LogP contribution in [0.15, 0.2) is 83.8 Å². The van der Waals surface area contributed by atoms with E-state index in [-0.39, 0.29) is 40.9 Å². The number of methoxy groups -OCH3 is 1. The zero-order valence-corrected chi connectivity index (χ0v) is 29.2. The highest BCUT2D eigenvalue weighted by Gasteiger charge is 2.38. The van der Waals surface area contributed by atoms with Crippen molar-refractivity contribution in [3.05, 3.63) is 95.8 Å². The van der Waals surface area contributed by atoms with Gasteiger partial charge in [-0.1, -0.05) is 74.5 Å². The van der Waals surface area contributed by atoms with Crippen molar-refractivity contribution in [2.45, 2.75) is 81.3 Å². The molecular weight excluding hydrogens is 647 g/mol. The van der Waals surface area contributed by atoms with E-state index in [2.05, 4.69) is 10.6 Å². The number of aliphatic hydroxyl groups excluding tert-OH is 1. The minimum atomic E-state index is -4.15. The number of alkyl carbamates (subject to hydrolysis) is 1. The summed E-state index contributed by atoms with van der Waals surface area (Å²) in [6.07, 6.45) is 3.05.